The Balaban J connectivity index is 1.63. The number of benzene rings is 1. The van der Waals surface area contributed by atoms with Crippen molar-refractivity contribution in [2.45, 2.75) is 32.3 Å². The van der Waals surface area contributed by atoms with Crippen molar-refractivity contribution in [1.29, 1.82) is 0 Å². The van der Waals surface area contributed by atoms with E-state index in [9.17, 15) is 14.3 Å². The van der Waals surface area contributed by atoms with Gasteiger partial charge in [0.15, 0.2) is 0 Å². The van der Waals surface area contributed by atoms with Gasteiger partial charge in [0, 0.05) is 12.5 Å². The zero-order chi connectivity index (χ0) is 17.4. The van der Waals surface area contributed by atoms with Gasteiger partial charge in [0.05, 0.1) is 0 Å². The van der Waals surface area contributed by atoms with Crippen LogP contribution in [0.3, 0.4) is 0 Å². The first kappa shape index (κ1) is 18.7. The first-order chi connectivity index (χ1) is 11.6. The van der Waals surface area contributed by atoms with Crippen molar-refractivity contribution in [2.75, 3.05) is 32.8 Å². The summed E-state index contributed by atoms with van der Waals surface area (Å²) in [5.74, 6) is 0.195. The fraction of sp³-hybridized carbons (Fsp3) is 0.611. The molecule has 2 N–H and O–H groups in total. The molecule has 0 spiro atoms. The van der Waals surface area contributed by atoms with Gasteiger partial charge < -0.3 is 20.1 Å². The molecule has 1 aliphatic heterocycles. The molecule has 134 valence electrons. The Morgan fingerprint density at radius 2 is 2.04 bits per heavy atom. The molecule has 1 aromatic rings. The Labute approximate surface area is 142 Å². The van der Waals surface area contributed by atoms with Gasteiger partial charge >= 0.3 is 0 Å². The third-order valence-corrected chi connectivity index (χ3v) is 4.27. The number of piperidine rings is 1. The molecule has 1 heterocycles. The van der Waals surface area contributed by atoms with Gasteiger partial charge in [-0.25, -0.2) is 4.39 Å². The Bertz CT molecular complexity index is 501. The topological polar surface area (TPSA) is 61.8 Å². The van der Waals surface area contributed by atoms with Crippen molar-refractivity contribution in [2.24, 2.45) is 5.92 Å². The van der Waals surface area contributed by atoms with E-state index in [0.29, 0.717) is 5.75 Å². The molecule has 1 aromatic carbocycles. The second-order valence-electron chi connectivity index (χ2n) is 6.28. The first-order valence-corrected chi connectivity index (χ1v) is 8.65. The number of aliphatic hydroxyl groups excluding tert-OH is 1. The van der Waals surface area contributed by atoms with E-state index in [-0.39, 0.29) is 30.8 Å². The minimum Gasteiger partial charge on any atom is -0.491 e. The first-order valence-electron chi connectivity index (χ1n) is 8.65. The molecule has 24 heavy (non-hydrogen) atoms. The smallest absolute Gasteiger partial charge is 0.223 e. The second-order valence-corrected chi connectivity index (χ2v) is 6.28. The molecular formula is C18H27FN2O3. The zero-order valence-corrected chi connectivity index (χ0v) is 14.2. The molecule has 0 aromatic heterocycles. The molecule has 1 amide bonds. The number of halogens is 1. The maximum absolute atomic E-state index is 12.8. The van der Waals surface area contributed by atoms with Gasteiger partial charge in [0.25, 0.3) is 0 Å². The van der Waals surface area contributed by atoms with Crippen molar-refractivity contribution in [3.8, 4) is 5.75 Å². The number of likely N-dealkylation sites (tertiary alicyclic amines) is 1. The summed E-state index contributed by atoms with van der Waals surface area (Å²) in [5, 5.41) is 12.7. The summed E-state index contributed by atoms with van der Waals surface area (Å²) in [5.41, 5.74) is 0. The predicted octanol–water partition coefficient (Wildman–Crippen LogP) is 1.80. The number of carbonyl (C=O) groups excluding carboxylic acids is 1. The molecule has 0 aliphatic carbocycles. The summed E-state index contributed by atoms with van der Waals surface area (Å²) in [7, 11) is 0. The van der Waals surface area contributed by atoms with Crippen LogP contribution >= 0.6 is 0 Å². The van der Waals surface area contributed by atoms with Crippen LogP contribution in [0.2, 0.25) is 0 Å². The molecule has 1 aliphatic rings. The van der Waals surface area contributed by atoms with Crippen LogP contribution in [0.1, 0.15) is 26.2 Å². The number of rotatable bonds is 8. The van der Waals surface area contributed by atoms with E-state index in [0.717, 1.165) is 38.9 Å². The highest BCUT2D eigenvalue weighted by atomic mass is 19.1. The summed E-state index contributed by atoms with van der Waals surface area (Å²) >= 11 is 0. The van der Waals surface area contributed by atoms with Gasteiger partial charge in [-0.15, -0.1) is 0 Å². The lowest BCUT2D eigenvalue weighted by Crippen LogP contribution is -2.43. The van der Waals surface area contributed by atoms with Crippen LogP contribution in [0, 0.1) is 11.7 Å². The van der Waals surface area contributed by atoms with E-state index in [1.807, 2.05) is 0 Å². The van der Waals surface area contributed by atoms with Gasteiger partial charge in [0.2, 0.25) is 5.91 Å². The SMILES string of the molecule is CCCN1CCC(C(=O)NCC(O)COc2ccc(F)cc2)CC1. The number of amides is 1. The molecule has 0 bridgehead atoms. The van der Waals surface area contributed by atoms with Crippen LogP contribution in [0.5, 0.6) is 5.75 Å². The summed E-state index contributed by atoms with van der Waals surface area (Å²) in [6, 6.07) is 5.61. The average molecular weight is 338 g/mol. The van der Waals surface area contributed by atoms with Crippen LogP contribution in [-0.2, 0) is 4.79 Å². The number of carbonyl (C=O) groups is 1. The molecule has 6 heteroatoms. The lowest BCUT2D eigenvalue weighted by molar-refractivity contribution is -0.127. The lowest BCUT2D eigenvalue weighted by atomic mass is 9.96. The van der Waals surface area contributed by atoms with Gasteiger partial charge in [-0.2, -0.15) is 0 Å². The van der Waals surface area contributed by atoms with E-state index in [1.165, 1.54) is 24.3 Å². The molecule has 5 nitrogen and oxygen atoms in total. The summed E-state index contributed by atoms with van der Waals surface area (Å²) < 4.78 is 18.2. The van der Waals surface area contributed by atoms with Gasteiger partial charge in [-0.1, -0.05) is 6.92 Å². The minimum absolute atomic E-state index is 0.00646. The zero-order valence-electron chi connectivity index (χ0n) is 14.2. The Hall–Kier alpha value is -1.66. The van der Waals surface area contributed by atoms with E-state index < -0.39 is 6.10 Å². The average Bonchev–Trinajstić information content (AvgIpc) is 2.60. The number of nitrogens with one attached hydrogen (secondary N) is 1. The molecule has 1 unspecified atom stereocenters. The monoisotopic (exact) mass is 338 g/mol. The van der Waals surface area contributed by atoms with Gasteiger partial charge in [0.1, 0.15) is 24.3 Å². The van der Waals surface area contributed by atoms with E-state index in [1.54, 1.807) is 0 Å². The third-order valence-electron chi connectivity index (χ3n) is 4.27. The third kappa shape index (κ3) is 6.09. The van der Waals surface area contributed by atoms with E-state index in [2.05, 4.69) is 17.1 Å². The van der Waals surface area contributed by atoms with E-state index in [4.69, 9.17) is 4.74 Å². The predicted molar refractivity (Wildman–Crippen MR) is 90.4 cm³/mol. The van der Waals surface area contributed by atoms with Crippen LogP contribution in [0.4, 0.5) is 4.39 Å². The molecule has 0 radical (unpaired) electrons. The van der Waals surface area contributed by atoms with Crippen molar-refractivity contribution >= 4 is 5.91 Å². The fourth-order valence-electron chi connectivity index (χ4n) is 2.88. The van der Waals surface area contributed by atoms with Crippen molar-refractivity contribution in [3.63, 3.8) is 0 Å². The molecule has 1 atom stereocenters. The molecule has 1 fully saturated rings. The summed E-state index contributed by atoms with van der Waals surface area (Å²) in [6.07, 6.45) is 2.08. The fourth-order valence-corrected chi connectivity index (χ4v) is 2.88. The summed E-state index contributed by atoms with van der Waals surface area (Å²) in [4.78, 5) is 14.5. The number of hydrogen-bond acceptors (Lipinski definition) is 4. The molecule has 0 saturated carbocycles. The van der Waals surface area contributed by atoms with E-state index >= 15 is 0 Å². The molecule has 1 saturated heterocycles. The maximum atomic E-state index is 12.8. The highest BCUT2D eigenvalue weighted by molar-refractivity contribution is 5.78. The number of nitrogens with zero attached hydrogens (tertiary/aromatic N) is 1. The largest absolute Gasteiger partial charge is 0.491 e. The normalized spacial score (nSPS) is 17.5. The quantitative estimate of drug-likeness (QED) is 0.759. The van der Waals surface area contributed by atoms with Crippen LogP contribution in [0.25, 0.3) is 0 Å². The standard InChI is InChI=1S/C18H27FN2O3/c1-2-9-21-10-7-14(8-11-21)18(23)20-12-16(22)13-24-17-5-3-15(19)4-6-17/h3-6,14,16,22H,2,7-13H2,1H3,(H,20,23). The number of ether oxygens (including phenoxy) is 1. The summed E-state index contributed by atoms with van der Waals surface area (Å²) in [6.45, 7) is 5.39. The Kier molecular flexibility index (Phi) is 7.46. The van der Waals surface area contributed by atoms with Crippen LogP contribution < -0.4 is 10.1 Å². The van der Waals surface area contributed by atoms with Crippen molar-refractivity contribution in [3.05, 3.63) is 30.1 Å². The highest BCUT2D eigenvalue weighted by Gasteiger charge is 2.24. The maximum Gasteiger partial charge on any atom is 0.223 e. The van der Waals surface area contributed by atoms with Gasteiger partial charge in [-0.3, -0.25) is 4.79 Å². The highest BCUT2D eigenvalue weighted by Crippen LogP contribution is 2.17. The van der Waals surface area contributed by atoms with Crippen molar-refractivity contribution < 1.29 is 19.0 Å². The molecule has 2 rings (SSSR count). The van der Waals surface area contributed by atoms with Crippen molar-refractivity contribution in [1.82, 2.24) is 10.2 Å². The molecular weight excluding hydrogens is 311 g/mol. The Morgan fingerprint density at radius 1 is 1.38 bits per heavy atom. The number of aliphatic hydroxyl groups is 1. The van der Waals surface area contributed by atoms with Gasteiger partial charge in [-0.05, 0) is 63.2 Å². The Morgan fingerprint density at radius 3 is 2.67 bits per heavy atom. The lowest BCUT2D eigenvalue weighted by Gasteiger charge is -2.31. The van der Waals surface area contributed by atoms with Crippen LogP contribution in [-0.4, -0.2) is 54.8 Å². The second kappa shape index (κ2) is 9.59. The minimum atomic E-state index is -0.792. The number of hydrogen-bond donors (Lipinski definition) is 2. The van der Waals surface area contributed by atoms with Crippen LogP contribution in [0.15, 0.2) is 24.3 Å².